The van der Waals surface area contributed by atoms with Crippen molar-refractivity contribution in [2.24, 2.45) is 0 Å². The SMILES string of the molecule is Oc1ccc2nc(N3CCC(Oc4ccccc4Cl)CC3)sc2c1. The van der Waals surface area contributed by atoms with E-state index in [2.05, 4.69) is 9.88 Å². The number of aromatic hydroxyl groups is 1. The van der Waals surface area contributed by atoms with Gasteiger partial charge in [0.05, 0.1) is 15.2 Å². The van der Waals surface area contributed by atoms with Crippen LogP contribution < -0.4 is 9.64 Å². The van der Waals surface area contributed by atoms with Gasteiger partial charge in [-0.2, -0.15) is 0 Å². The van der Waals surface area contributed by atoms with E-state index >= 15 is 0 Å². The van der Waals surface area contributed by atoms with Crippen LogP contribution >= 0.6 is 22.9 Å². The average Bonchev–Trinajstić information content (AvgIpc) is 3.01. The van der Waals surface area contributed by atoms with E-state index in [0.717, 1.165) is 47.0 Å². The van der Waals surface area contributed by atoms with Gasteiger partial charge in [-0.1, -0.05) is 35.1 Å². The number of aromatic nitrogens is 1. The lowest BCUT2D eigenvalue weighted by Crippen LogP contribution is -2.38. The molecule has 1 aliphatic heterocycles. The molecule has 4 rings (SSSR count). The largest absolute Gasteiger partial charge is 0.508 e. The fraction of sp³-hybridized carbons (Fsp3) is 0.278. The molecule has 4 nitrogen and oxygen atoms in total. The highest BCUT2D eigenvalue weighted by atomic mass is 35.5. The first-order valence-electron chi connectivity index (χ1n) is 7.95. The van der Waals surface area contributed by atoms with Crippen LogP contribution in [0.2, 0.25) is 5.02 Å². The summed E-state index contributed by atoms with van der Waals surface area (Å²) in [6.45, 7) is 1.81. The summed E-state index contributed by atoms with van der Waals surface area (Å²) in [6, 6.07) is 12.9. The van der Waals surface area contributed by atoms with E-state index in [1.165, 1.54) is 0 Å². The van der Waals surface area contributed by atoms with Gasteiger partial charge in [0, 0.05) is 25.9 Å². The van der Waals surface area contributed by atoms with E-state index in [0.29, 0.717) is 5.02 Å². The molecule has 0 saturated carbocycles. The molecule has 1 saturated heterocycles. The third-order valence-electron chi connectivity index (χ3n) is 4.20. The lowest BCUT2D eigenvalue weighted by Gasteiger charge is -2.32. The molecule has 0 bridgehead atoms. The Morgan fingerprint density at radius 2 is 1.96 bits per heavy atom. The zero-order valence-corrected chi connectivity index (χ0v) is 14.6. The van der Waals surface area contributed by atoms with Crippen LogP contribution in [0.5, 0.6) is 11.5 Å². The lowest BCUT2D eigenvalue weighted by atomic mass is 10.1. The van der Waals surface area contributed by atoms with E-state index in [1.54, 1.807) is 23.5 Å². The number of phenols is 1. The minimum atomic E-state index is 0.180. The van der Waals surface area contributed by atoms with Crippen LogP contribution in [0, 0.1) is 0 Å². The molecular formula is C18H17ClN2O2S. The van der Waals surface area contributed by atoms with E-state index in [-0.39, 0.29) is 11.9 Å². The number of piperidine rings is 1. The fourth-order valence-corrected chi connectivity index (χ4v) is 4.15. The molecule has 24 heavy (non-hydrogen) atoms. The third kappa shape index (κ3) is 3.14. The Bertz CT molecular complexity index is 859. The first-order chi connectivity index (χ1) is 11.7. The van der Waals surface area contributed by atoms with Crippen molar-refractivity contribution in [1.82, 2.24) is 4.98 Å². The van der Waals surface area contributed by atoms with Gasteiger partial charge >= 0.3 is 0 Å². The molecule has 0 atom stereocenters. The molecular weight excluding hydrogens is 344 g/mol. The van der Waals surface area contributed by atoms with Crippen LogP contribution in [0.3, 0.4) is 0 Å². The van der Waals surface area contributed by atoms with Gasteiger partial charge in [-0.15, -0.1) is 0 Å². The van der Waals surface area contributed by atoms with Gasteiger partial charge in [0.1, 0.15) is 17.6 Å². The summed E-state index contributed by atoms with van der Waals surface area (Å²) in [6.07, 6.45) is 2.05. The highest BCUT2D eigenvalue weighted by Gasteiger charge is 2.23. The Labute approximate surface area is 149 Å². The zero-order valence-electron chi connectivity index (χ0n) is 13.0. The molecule has 0 spiro atoms. The molecule has 1 aliphatic rings. The lowest BCUT2D eigenvalue weighted by molar-refractivity contribution is 0.171. The molecule has 3 aromatic rings. The Kier molecular flexibility index (Phi) is 4.21. The van der Waals surface area contributed by atoms with Crippen molar-refractivity contribution < 1.29 is 9.84 Å². The Balaban J connectivity index is 1.42. The monoisotopic (exact) mass is 360 g/mol. The van der Waals surface area contributed by atoms with Crippen LogP contribution in [0.25, 0.3) is 10.2 Å². The Morgan fingerprint density at radius 1 is 1.17 bits per heavy atom. The molecule has 2 aromatic carbocycles. The fourth-order valence-electron chi connectivity index (χ4n) is 2.92. The van der Waals surface area contributed by atoms with Crippen molar-refractivity contribution in [3.05, 3.63) is 47.5 Å². The number of rotatable bonds is 3. The molecule has 0 radical (unpaired) electrons. The van der Waals surface area contributed by atoms with Crippen molar-refractivity contribution in [1.29, 1.82) is 0 Å². The predicted molar refractivity (Wildman–Crippen MR) is 98.6 cm³/mol. The van der Waals surface area contributed by atoms with Crippen molar-refractivity contribution >= 4 is 38.3 Å². The van der Waals surface area contributed by atoms with E-state index in [1.807, 2.05) is 30.3 Å². The van der Waals surface area contributed by atoms with E-state index in [9.17, 15) is 5.11 Å². The standard InChI is InChI=1S/C18H17ClN2O2S/c19-14-3-1-2-4-16(14)23-13-7-9-21(10-8-13)18-20-15-6-5-12(22)11-17(15)24-18/h1-6,11,13,22H,7-10H2. The summed E-state index contributed by atoms with van der Waals surface area (Å²) in [4.78, 5) is 6.96. The second-order valence-corrected chi connectivity index (χ2v) is 7.30. The quantitative estimate of drug-likeness (QED) is 0.735. The number of para-hydroxylation sites is 1. The number of thiazole rings is 1. The first kappa shape index (κ1) is 15.5. The predicted octanol–water partition coefficient (Wildman–Crippen LogP) is 4.70. The van der Waals surface area contributed by atoms with Crippen LogP contribution in [0.4, 0.5) is 5.13 Å². The molecule has 2 heterocycles. The Hall–Kier alpha value is -1.98. The molecule has 1 N–H and O–H groups in total. The maximum atomic E-state index is 9.59. The maximum Gasteiger partial charge on any atom is 0.186 e. The third-order valence-corrected chi connectivity index (χ3v) is 5.59. The van der Waals surface area contributed by atoms with Crippen molar-refractivity contribution in [3.63, 3.8) is 0 Å². The molecule has 124 valence electrons. The molecule has 0 aliphatic carbocycles. The van der Waals surface area contributed by atoms with Gasteiger partial charge in [-0.3, -0.25) is 0 Å². The minimum Gasteiger partial charge on any atom is -0.508 e. The van der Waals surface area contributed by atoms with Crippen molar-refractivity contribution in [3.8, 4) is 11.5 Å². The number of ether oxygens (including phenoxy) is 1. The zero-order chi connectivity index (χ0) is 16.5. The summed E-state index contributed by atoms with van der Waals surface area (Å²) >= 11 is 7.78. The summed E-state index contributed by atoms with van der Waals surface area (Å²) in [5.41, 5.74) is 0.933. The summed E-state index contributed by atoms with van der Waals surface area (Å²) < 4.78 is 7.05. The Morgan fingerprint density at radius 3 is 2.75 bits per heavy atom. The van der Waals surface area contributed by atoms with Crippen LogP contribution in [0.1, 0.15) is 12.8 Å². The number of halogens is 1. The smallest absolute Gasteiger partial charge is 0.186 e. The van der Waals surface area contributed by atoms with Crippen LogP contribution in [0.15, 0.2) is 42.5 Å². The normalized spacial score (nSPS) is 15.8. The number of nitrogens with zero attached hydrogens (tertiary/aromatic N) is 2. The highest BCUT2D eigenvalue weighted by molar-refractivity contribution is 7.22. The molecule has 1 aromatic heterocycles. The van der Waals surface area contributed by atoms with Gasteiger partial charge in [0.2, 0.25) is 0 Å². The van der Waals surface area contributed by atoms with Gasteiger partial charge < -0.3 is 14.7 Å². The van der Waals surface area contributed by atoms with Crippen LogP contribution in [-0.4, -0.2) is 29.3 Å². The molecule has 0 unspecified atom stereocenters. The number of anilines is 1. The van der Waals surface area contributed by atoms with Gasteiger partial charge in [-0.05, 0) is 30.3 Å². The minimum absolute atomic E-state index is 0.180. The number of hydrogen-bond acceptors (Lipinski definition) is 5. The van der Waals surface area contributed by atoms with Gasteiger partial charge in [0.15, 0.2) is 5.13 Å². The van der Waals surface area contributed by atoms with Crippen molar-refractivity contribution in [2.75, 3.05) is 18.0 Å². The highest BCUT2D eigenvalue weighted by Crippen LogP contribution is 2.33. The number of fused-ring (bicyclic) bond motifs is 1. The number of benzene rings is 2. The van der Waals surface area contributed by atoms with Gasteiger partial charge in [-0.25, -0.2) is 4.98 Å². The van der Waals surface area contributed by atoms with E-state index in [4.69, 9.17) is 16.3 Å². The number of phenolic OH excluding ortho intramolecular Hbond substituents is 1. The topological polar surface area (TPSA) is 45.6 Å². The summed E-state index contributed by atoms with van der Waals surface area (Å²) in [5.74, 6) is 1.04. The maximum absolute atomic E-state index is 9.59. The van der Waals surface area contributed by atoms with Crippen molar-refractivity contribution in [2.45, 2.75) is 18.9 Å². The molecule has 6 heteroatoms. The van der Waals surface area contributed by atoms with Gasteiger partial charge in [0.25, 0.3) is 0 Å². The molecule has 0 amide bonds. The average molecular weight is 361 g/mol. The second-order valence-electron chi connectivity index (χ2n) is 5.88. The summed E-state index contributed by atoms with van der Waals surface area (Å²) in [7, 11) is 0. The first-order valence-corrected chi connectivity index (χ1v) is 9.14. The van der Waals surface area contributed by atoms with E-state index < -0.39 is 0 Å². The number of hydrogen-bond donors (Lipinski definition) is 1. The van der Waals surface area contributed by atoms with Crippen LogP contribution in [-0.2, 0) is 0 Å². The summed E-state index contributed by atoms with van der Waals surface area (Å²) in [5, 5.41) is 11.2. The second kappa shape index (κ2) is 6.49. The molecule has 1 fully saturated rings.